The predicted molar refractivity (Wildman–Crippen MR) is 106 cm³/mol. The van der Waals surface area contributed by atoms with Crippen LogP contribution in [0.3, 0.4) is 0 Å². The Bertz CT molecular complexity index is 746. The van der Waals surface area contributed by atoms with Crippen LogP contribution in [-0.4, -0.2) is 65.1 Å². The van der Waals surface area contributed by atoms with Gasteiger partial charge in [-0.1, -0.05) is 0 Å². The van der Waals surface area contributed by atoms with Crippen LogP contribution in [0.5, 0.6) is 0 Å². The van der Waals surface area contributed by atoms with Gasteiger partial charge in [-0.2, -0.15) is 0 Å². The van der Waals surface area contributed by atoms with E-state index in [-0.39, 0.29) is 5.54 Å². The van der Waals surface area contributed by atoms with E-state index in [2.05, 4.69) is 46.0 Å². The quantitative estimate of drug-likeness (QED) is 0.889. The van der Waals surface area contributed by atoms with Gasteiger partial charge >= 0.3 is 0 Å². The smallest absolute Gasteiger partial charge is 0.138 e. The second-order valence-electron chi connectivity index (χ2n) is 8.16. The lowest BCUT2D eigenvalue weighted by Gasteiger charge is -2.35. The third kappa shape index (κ3) is 3.66. The van der Waals surface area contributed by atoms with E-state index in [1.54, 1.807) is 6.33 Å². The molecule has 0 spiro atoms. The minimum atomic E-state index is 0.0258. The molecule has 25 heavy (non-hydrogen) atoms. The summed E-state index contributed by atoms with van der Waals surface area (Å²) >= 11 is 1.86. The summed E-state index contributed by atoms with van der Waals surface area (Å²) in [5.74, 6) is 1.03. The number of hydrogen-bond donors (Lipinski definition) is 1. The van der Waals surface area contributed by atoms with Crippen LogP contribution in [0.2, 0.25) is 0 Å². The van der Waals surface area contributed by atoms with Gasteiger partial charge in [-0.25, -0.2) is 9.97 Å². The van der Waals surface area contributed by atoms with E-state index in [0.717, 1.165) is 23.6 Å². The largest absolute Gasteiger partial charge is 0.364 e. The van der Waals surface area contributed by atoms with Gasteiger partial charge in [-0.3, -0.25) is 0 Å². The van der Waals surface area contributed by atoms with E-state index >= 15 is 0 Å². The molecule has 5 nitrogen and oxygen atoms in total. The zero-order valence-corrected chi connectivity index (χ0v) is 16.5. The summed E-state index contributed by atoms with van der Waals surface area (Å²) in [5, 5.41) is 5.03. The van der Waals surface area contributed by atoms with Crippen molar-refractivity contribution < 1.29 is 0 Å². The van der Waals surface area contributed by atoms with E-state index in [0.29, 0.717) is 0 Å². The topological polar surface area (TPSA) is 44.3 Å². The maximum absolute atomic E-state index is 4.61. The van der Waals surface area contributed by atoms with Crippen LogP contribution in [0, 0.1) is 0 Å². The summed E-state index contributed by atoms with van der Waals surface area (Å²) < 4.78 is 0. The molecule has 1 fully saturated rings. The first-order chi connectivity index (χ1) is 12.0. The number of likely N-dealkylation sites (N-methyl/N-ethyl adjacent to an activating group) is 1. The van der Waals surface area contributed by atoms with Gasteiger partial charge in [0, 0.05) is 43.1 Å². The number of piperazine rings is 1. The van der Waals surface area contributed by atoms with Gasteiger partial charge in [0.15, 0.2) is 0 Å². The molecule has 2 aromatic heterocycles. The highest BCUT2D eigenvalue weighted by Crippen LogP contribution is 2.39. The molecule has 1 saturated heterocycles. The van der Waals surface area contributed by atoms with Crippen molar-refractivity contribution in [3.05, 3.63) is 16.8 Å². The van der Waals surface area contributed by atoms with Gasteiger partial charge in [0.1, 0.15) is 17.0 Å². The van der Waals surface area contributed by atoms with Crippen molar-refractivity contribution in [2.45, 2.75) is 45.1 Å². The molecule has 2 aliphatic rings. The minimum Gasteiger partial charge on any atom is -0.364 e. The molecular formula is C19H29N5S. The van der Waals surface area contributed by atoms with Crippen LogP contribution < -0.4 is 5.32 Å². The second kappa shape index (κ2) is 6.82. The van der Waals surface area contributed by atoms with Crippen LogP contribution in [0.4, 0.5) is 5.82 Å². The molecular weight excluding hydrogens is 330 g/mol. The van der Waals surface area contributed by atoms with Gasteiger partial charge in [-0.15, -0.1) is 11.3 Å². The maximum atomic E-state index is 4.61. The molecule has 0 bridgehead atoms. The van der Waals surface area contributed by atoms with Crippen LogP contribution in [0.15, 0.2) is 6.33 Å². The number of aromatic nitrogens is 2. The van der Waals surface area contributed by atoms with Crippen LogP contribution in [0.1, 0.15) is 37.1 Å². The molecule has 1 aliphatic heterocycles. The van der Waals surface area contributed by atoms with E-state index in [1.807, 2.05) is 11.3 Å². The third-order valence-electron chi connectivity index (χ3n) is 5.61. The van der Waals surface area contributed by atoms with Crippen molar-refractivity contribution in [2.75, 3.05) is 45.1 Å². The molecule has 1 aliphatic carbocycles. The Labute approximate surface area is 154 Å². The summed E-state index contributed by atoms with van der Waals surface area (Å²) in [6.07, 6.45) is 6.50. The SMILES string of the molecule is CN1CCN(CCC(C)(C)Nc2ncnc3sc4c(c23)CCC4)CC1. The molecule has 0 radical (unpaired) electrons. The highest BCUT2D eigenvalue weighted by atomic mass is 32.1. The van der Waals surface area contributed by atoms with E-state index < -0.39 is 0 Å². The Hall–Kier alpha value is -1.24. The summed E-state index contributed by atoms with van der Waals surface area (Å²) in [4.78, 5) is 16.8. The first kappa shape index (κ1) is 17.2. The molecule has 1 N–H and O–H groups in total. The molecule has 136 valence electrons. The van der Waals surface area contributed by atoms with E-state index in [9.17, 15) is 0 Å². The van der Waals surface area contributed by atoms with Gasteiger partial charge in [0.05, 0.1) is 5.39 Å². The van der Waals surface area contributed by atoms with Crippen molar-refractivity contribution in [2.24, 2.45) is 0 Å². The third-order valence-corrected chi connectivity index (χ3v) is 6.81. The zero-order valence-electron chi connectivity index (χ0n) is 15.6. The van der Waals surface area contributed by atoms with Crippen molar-refractivity contribution in [3.8, 4) is 0 Å². The Balaban J connectivity index is 1.46. The van der Waals surface area contributed by atoms with Crippen molar-refractivity contribution in [1.29, 1.82) is 0 Å². The number of hydrogen-bond acceptors (Lipinski definition) is 6. The van der Waals surface area contributed by atoms with Crippen LogP contribution >= 0.6 is 11.3 Å². The summed E-state index contributed by atoms with van der Waals surface area (Å²) in [6.45, 7) is 10.5. The van der Waals surface area contributed by atoms with Crippen molar-refractivity contribution in [3.63, 3.8) is 0 Å². The number of aryl methyl sites for hydroxylation is 2. The average Bonchev–Trinajstić information content (AvgIpc) is 3.15. The fourth-order valence-corrected chi connectivity index (χ4v) is 5.14. The average molecular weight is 360 g/mol. The normalized spacial score (nSPS) is 19.5. The van der Waals surface area contributed by atoms with Gasteiger partial charge in [0.2, 0.25) is 0 Å². The number of fused-ring (bicyclic) bond motifs is 3. The van der Waals surface area contributed by atoms with E-state index in [1.165, 1.54) is 61.3 Å². The number of thiophene rings is 1. The minimum absolute atomic E-state index is 0.0258. The molecule has 6 heteroatoms. The zero-order chi connectivity index (χ0) is 17.4. The summed E-state index contributed by atoms with van der Waals surface area (Å²) in [5.41, 5.74) is 1.52. The highest BCUT2D eigenvalue weighted by molar-refractivity contribution is 7.19. The fraction of sp³-hybridized carbons (Fsp3) is 0.684. The van der Waals surface area contributed by atoms with Crippen LogP contribution in [0.25, 0.3) is 10.2 Å². The molecule has 4 rings (SSSR count). The summed E-state index contributed by atoms with van der Waals surface area (Å²) in [6, 6.07) is 0. The lowest BCUT2D eigenvalue weighted by atomic mass is 9.99. The molecule has 0 amide bonds. The maximum Gasteiger partial charge on any atom is 0.138 e. The van der Waals surface area contributed by atoms with E-state index in [4.69, 9.17) is 0 Å². The molecule has 2 aromatic rings. The standard InChI is InChI=1S/C19H29N5S/c1-19(2,7-8-24-11-9-23(3)10-12-24)22-17-16-14-5-4-6-15(14)25-18(16)21-13-20-17/h13H,4-12H2,1-3H3,(H,20,21,22). The Morgan fingerprint density at radius 3 is 2.76 bits per heavy atom. The fourth-order valence-electron chi connectivity index (χ4n) is 3.92. The molecule has 0 aromatic carbocycles. The number of anilines is 1. The number of nitrogens with zero attached hydrogens (tertiary/aromatic N) is 4. The molecule has 0 atom stereocenters. The Morgan fingerprint density at radius 2 is 1.96 bits per heavy atom. The lowest BCUT2D eigenvalue weighted by Crippen LogP contribution is -2.46. The number of nitrogens with one attached hydrogen (secondary N) is 1. The Morgan fingerprint density at radius 1 is 1.16 bits per heavy atom. The van der Waals surface area contributed by atoms with Gasteiger partial charge in [-0.05, 0) is 52.1 Å². The monoisotopic (exact) mass is 359 g/mol. The molecule has 0 unspecified atom stereocenters. The Kier molecular flexibility index (Phi) is 4.69. The van der Waals surface area contributed by atoms with Gasteiger partial charge < -0.3 is 15.1 Å². The lowest BCUT2D eigenvalue weighted by molar-refractivity contribution is 0.147. The highest BCUT2D eigenvalue weighted by Gasteiger charge is 2.25. The van der Waals surface area contributed by atoms with Gasteiger partial charge in [0.25, 0.3) is 0 Å². The van der Waals surface area contributed by atoms with Crippen molar-refractivity contribution in [1.82, 2.24) is 19.8 Å². The number of rotatable bonds is 5. The summed E-state index contributed by atoms with van der Waals surface area (Å²) in [7, 11) is 2.21. The second-order valence-corrected chi connectivity index (χ2v) is 9.25. The van der Waals surface area contributed by atoms with Crippen LogP contribution in [-0.2, 0) is 12.8 Å². The first-order valence-electron chi connectivity index (χ1n) is 9.46. The predicted octanol–water partition coefficient (Wildman–Crippen LogP) is 3.01. The molecule has 3 heterocycles. The van der Waals surface area contributed by atoms with Crippen molar-refractivity contribution >= 4 is 27.4 Å². The first-order valence-corrected chi connectivity index (χ1v) is 10.3. The molecule has 0 saturated carbocycles.